The number of carboxylic acids is 1. The summed E-state index contributed by atoms with van der Waals surface area (Å²) in [7, 11) is 1.26. The van der Waals surface area contributed by atoms with E-state index in [0.29, 0.717) is 38.8 Å². The van der Waals surface area contributed by atoms with Gasteiger partial charge >= 0.3 is 11.9 Å². The van der Waals surface area contributed by atoms with Gasteiger partial charge in [-0.2, -0.15) is 0 Å². The highest BCUT2D eigenvalue weighted by molar-refractivity contribution is 5.89. The molecule has 2 unspecified atom stereocenters. The fraction of sp³-hybridized carbons (Fsp3) is 0.429. The SMILES string of the molecule is COC(=O)[C@@H]1CCCN1C(=O)COC(C(=O)O)C(OCCCCCc1ccc2ccccc2c1)C(=O)NCCCCCc1ccc2ccccc2c1. The minimum Gasteiger partial charge on any atom is -0.479 e. The van der Waals surface area contributed by atoms with Crippen LogP contribution in [0.5, 0.6) is 0 Å². The molecule has 52 heavy (non-hydrogen) atoms. The van der Waals surface area contributed by atoms with Gasteiger partial charge < -0.3 is 29.5 Å². The molecule has 10 nitrogen and oxygen atoms in total. The van der Waals surface area contributed by atoms with Gasteiger partial charge in [-0.1, -0.05) is 97.8 Å². The summed E-state index contributed by atoms with van der Waals surface area (Å²) in [6.45, 7) is 0.222. The molecule has 2 amide bonds. The number of carbonyl (C=O) groups excluding carboxylic acids is 3. The molecular weight excluding hydrogens is 660 g/mol. The Balaban J connectivity index is 1.12. The van der Waals surface area contributed by atoms with Crippen LogP contribution in [0.4, 0.5) is 0 Å². The summed E-state index contributed by atoms with van der Waals surface area (Å²) in [5.41, 5.74) is 2.50. The molecule has 1 heterocycles. The van der Waals surface area contributed by atoms with Crippen LogP contribution in [0.3, 0.4) is 0 Å². The number of aliphatic carboxylic acids is 1. The number of fused-ring (bicyclic) bond motifs is 2. The van der Waals surface area contributed by atoms with E-state index < -0.39 is 48.6 Å². The predicted molar refractivity (Wildman–Crippen MR) is 200 cm³/mol. The highest BCUT2D eigenvalue weighted by atomic mass is 16.6. The number of unbranched alkanes of at least 4 members (excludes halogenated alkanes) is 4. The van der Waals surface area contributed by atoms with E-state index in [0.717, 1.165) is 38.5 Å². The molecule has 0 aliphatic carbocycles. The van der Waals surface area contributed by atoms with Crippen molar-refractivity contribution in [3.63, 3.8) is 0 Å². The molecule has 10 heteroatoms. The van der Waals surface area contributed by atoms with Crippen molar-refractivity contribution >= 4 is 45.3 Å². The van der Waals surface area contributed by atoms with Crippen LogP contribution in [0.1, 0.15) is 62.5 Å². The van der Waals surface area contributed by atoms with Crippen LogP contribution < -0.4 is 5.32 Å². The Hall–Kier alpha value is -4.80. The summed E-state index contributed by atoms with van der Waals surface area (Å²) in [5.74, 6) is -3.08. The Bertz CT molecular complexity index is 1810. The van der Waals surface area contributed by atoms with Crippen LogP contribution in [0.15, 0.2) is 84.9 Å². The van der Waals surface area contributed by atoms with E-state index >= 15 is 0 Å². The number of methoxy groups -OCH3 is 1. The molecule has 3 atom stereocenters. The summed E-state index contributed by atoms with van der Waals surface area (Å²) in [6.07, 6.45) is 4.58. The van der Waals surface area contributed by atoms with Gasteiger partial charge in [0.2, 0.25) is 5.91 Å². The predicted octanol–water partition coefficient (Wildman–Crippen LogP) is 6.25. The van der Waals surface area contributed by atoms with Crippen LogP contribution in [0, 0.1) is 0 Å². The second-order valence-electron chi connectivity index (χ2n) is 13.4. The lowest BCUT2D eigenvalue weighted by atomic mass is 10.0. The summed E-state index contributed by atoms with van der Waals surface area (Å²) >= 11 is 0. The lowest BCUT2D eigenvalue weighted by Gasteiger charge is -2.26. The number of aryl methyl sites for hydroxylation is 2. The van der Waals surface area contributed by atoms with E-state index in [1.165, 1.54) is 44.7 Å². The van der Waals surface area contributed by atoms with E-state index in [1.54, 1.807) is 0 Å². The fourth-order valence-corrected chi connectivity index (χ4v) is 6.83. The third kappa shape index (κ3) is 10.9. The third-order valence-electron chi connectivity index (χ3n) is 9.69. The molecule has 1 aliphatic heterocycles. The van der Waals surface area contributed by atoms with Crippen molar-refractivity contribution in [2.45, 2.75) is 82.5 Å². The molecule has 1 saturated heterocycles. The maximum Gasteiger partial charge on any atom is 0.336 e. The minimum atomic E-state index is -1.71. The number of hydrogen-bond acceptors (Lipinski definition) is 7. The first kappa shape index (κ1) is 38.4. The lowest BCUT2D eigenvalue weighted by molar-refractivity contribution is -0.172. The number of benzene rings is 4. The van der Waals surface area contributed by atoms with E-state index in [1.807, 2.05) is 24.3 Å². The normalized spacial score (nSPS) is 15.4. The number of hydrogen-bond donors (Lipinski definition) is 2. The summed E-state index contributed by atoms with van der Waals surface area (Å²) in [6, 6.07) is 28.7. The number of carbonyl (C=O) groups is 4. The maximum atomic E-state index is 13.4. The number of rotatable bonds is 20. The molecule has 276 valence electrons. The van der Waals surface area contributed by atoms with Crippen LogP contribution >= 0.6 is 0 Å². The molecule has 0 aromatic heterocycles. The summed E-state index contributed by atoms with van der Waals surface area (Å²) < 4.78 is 16.3. The Morgan fingerprint density at radius 2 is 1.35 bits per heavy atom. The summed E-state index contributed by atoms with van der Waals surface area (Å²) in [5, 5.41) is 17.8. The minimum absolute atomic E-state index is 0.152. The van der Waals surface area contributed by atoms with Crippen LogP contribution in [0.2, 0.25) is 0 Å². The number of nitrogens with one attached hydrogen (secondary N) is 1. The van der Waals surface area contributed by atoms with Gasteiger partial charge in [0.15, 0.2) is 12.2 Å². The molecule has 4 aromatic rings. The topological polar surface area (TPSA) is 131 Å². The maximum absolute atomic E-state index is 13.4. The second kappa shape index (κ2) is 19.7. The molecule has 0 bridgehead atoms. The number of carboxylic acid groups (broad SMARTS) is 1. The smallest absolute Gasteiger partial charge is 0.336 e. The number of nitrogens with zero attached hydrogens (tertiary/aromatic N) is 1. The van der Waals surface area contributed by atoms with Crippen molar-refractivity contribution in [2.75, 3.05) is 33.4 Å². The summed E-state index contributed by atoms with van der Waals surface area (Å²) in [4.78, 5) is 52.4. The van der Waals surface area contributed by atoms with Crippen molar-refractivity contribution in [3.05, 3.63) is 96.1 Å². The van der Waals surface area contributed by atoms with E-state index in [-0.39, 0.29) is 6.61 Å². The van der Waals surface area contributed by atoms with Crippen LogP contribution in [0.25, 0.3) is 21.5 Å². The molecule has 2 N–H and O–H groups in total. The van der Waals surface area contributed by atoms with Crippen LogP contribution in [-0.2, 0) is 46.2 Å². The number of likely N-dealkylation sites (tertiary alicyclic amines) is 1. The zero-order chi connectivity index (χ0) is 36.7. The highest BCUT2D eigenvalue weighted by Gasteiger charge is 2.39. The average molecular weight is 711 g/mol. The first-order chi connectivity index (χ1) is 25.3. The monoisotopic (exact) mass is 710 g/mol. The second-order valence-corrected chi connectivity index (χ2v) is 13.4. The van der Waals surface area contributed by atoms with E-state index in [4.69, 9.17) is 14.2 Å². The van der Waals surface area contributed by atoms with Crippen molar-refractivity contribution in [1.29, 1.82) is 0 Å². The van der Waals surface area contributed by atoms with Gasteiger partial charge in [-0.25, -0.2) is 9.59 Å². The van der Waals surface area contributed by atoms with Gasteiger partial charge in [0.25, 0.3) is 5.91 Å². The van der Waals surface area contributed by atoms with Crippen molar-refractivity contribution < 1.29 is 38.5 Å². The Labute approximate surface area is 305 Å². The standard InChI is InChI=1S/C42H50N2O8/c1-50-42(49)36-19-12-25-44(36)37(45)29-52-39(41(47)48)38(51-26-11-3-5-14-31-21-23-33-16-7-9-18-35(33)28-31)40(46)43-24-10-2-4-13-30-20-22-32-15-6-8-17-34(32)27-30/h6-9,15-18,20-23,27-28,36,38-39H,2-5,10-14,19,24-26,29H2,1H3,(H,43,46)(H,47,48)/t36-,38?,39?/m0/s1. The van der Waals surface area contributed by atoms with Gasteiger partial charge in [0, 0.05) is 19.7 Å². The van der Waals surface area contributed by atoms with Crippen molar-refractivity contribution in [2.24, 2.45) is 0 Å². The van der Waals surface area contributed by atoms with E-state index in [2.05, 4.69) is 66.0 Å². The zero-order valence-corrected chi connectivity index (χ0v) is 30.0. The number of esters is 1. The molecule has 4 aromatic carbocycles. The average Bonchev–Trinajstić information content (AvgIpc) is 3.66. The molecular formula is C42H50N2O8. The van der Waals surface area contributed by atoms with Gasteiger partial charge in [0.05, 0.1) is 7.11 Å². The highest BCUT2D eigenvalue weighted by Crippen LogP contribution is 2.21. The third-order valence-corrected chi connectivity index (χ3v) is 9.69. The van der Waals surface area contributed by atoms with Gasteiger partial charge in [-0.3, -0.25) is 9.59 Å². The Kier molecular flexibility index (Phi) is 14.6. The number of amides is 2. The number of ether oxygens (including phenoxy) is 3. The molecule has 0 spiro atoms. The molecule has 1 fully saturated rings. The van der Waals surface area contributed by atoms with Crippen molar-refractivity contribution in [3.8, 4) is 0 Å². The molecule has 1 aliphatic rings. The first-order valence-corrected chi connectivity index (χ1v) is 18.4. The Morgan fingerprint density at radius 3 is 1.94 bits per heavy atom. The molecule has 0 radical (unpaired) electrons. The molecule has 5 rings (SSSR count). The quantitative estimate of drug-likeness (QED) is 0.0813. The van der Waals surface area contributed by atoms with Gasteiger partial charge in [-0.15, -0.1) is 0 Å². The zero-order valence-electron chi connectivity index (χ0n) is 30.0. The molecule has 0 saturated carbocycles. The Morgan fingerprint density at radius 1 is 0.750 bits per heavy atom. The fourth-order valence-electron chi connectivity index (χ4n) is 6.83. The van der Waals surface area contributed by atoms with Gasteiger partial charge in [0.1, 0.15) is 12.6 Å². The largest absolute Gasteiger partial charge is 0.479 e. The van der Waals surface area contributed by atoms with Crippen molar-refractivity contribution in [1.82, 2.24) is 10.2 Å². The van der Waals surface area contributed by atoms with E-state index in [9.17, 15) is 24.3 Å². The van der Waals surface area contributed by atoms with Gasteiger partial charge in [-0.05, 0) is 84.0 Å². The van der Waals surface area contributed by atoms with Crippen LogP contribution in [-0.4, -0.2) is 85.4 Å². The lowest BCUT2D eigenvalue weighted by Crippen LogP contribution is -2.50. The first-order valence-electron chi connectivity index (χ1n) is 18.4.